The predicted molar refractivity (Wildman–Crippen MR) is 133 cm³/mol. The maximum atomic E-state index is 4.84. The Morgan fingerprint density at radius 2 is 0.719 bits per heavy atom. The van der Waals surface area contributed by atoms with Crippen molar-refractivity contribution in [2.24, 2.45) is 10.2 Å². The van der Waals surface area contributed by atoms with E-state index in [1.807, 2.05) is 48.5 Å². The molecule has 0 unspecified atom stereocenters. The third-order valence-electron chi connectivity index (χ3n) is 5.45. The minimum absolute atomic E-state index is 0.848. The van der Waals surface area contributed by atoms with Gasteiger partial charge in [-0.25, -0.2) is 0 Å². The van der Waals surface area contributed by atoms with Crippen LogP contribution in [0.4, 0.5) is 11.4 Å². The smallest absolute Gasteiger partial charge is 0.101 e. The van der Waals surface area contributed by atoms with Crippen molar-refractivity contribution in [1.82, 2.24) is 0 Å². The monoisotopic (exact) mass is 410 g/mol. The van der Waals surface area contributed by atoms with Crippen LogP contribution in [0.1, 0.15) is 0 Å². The Labute approximate surface area is 188 Å². The van der Waals surface area contributed by atoms with Gasteiger partial charge in [0.2, 0.25) is 0 Å². The fraction of sp³-hybridized carbons (Fsp3) is 0. The molecule has 0 aliphatic heterocycles. The quantitative estimate of drug-likeness (QED) is 0.258. The number of hydrogen-bond acceptors (Lipinski definition) is 2. The van der Waals surface area contributed by atoms with Gasteiger partial charge in [-0.1, -0.05) is 127 Å². The molecule has 2 heteroatoms. The van der Waals surface area contributed by atoms with Crippen molar-refractivity contribution in [3.63, 3.8) is 0 Å². The molecule has 0 aromatic heterocycles. The van der Waals surface area contributed by atoms with Gasteiger partial charge in [0.05, 0.1) is 5.69 Å². The van der Waals surface area contributed by atoms with E-state index in [1.54, 1.807) is 0 Å². The van der Waals surface area contributed by atoms with E-state index in [1.165, 1.54) is 0 Å². The van der Waals surface area contributed by atoms with Gasteiger partial charge < -0.3 is 0 Å². The molecule has 0 aliphatic carbocycles. The molecule has 2 nitrogen and oxygen atoms in total. The molecule has 0 fully saturated rings. The average Bonchev–Trinajstić information content (AvgIpc) is 2.89. The summed E-state index contributed by atoms with van der Waals surface area (Å²) in [6.07, 6.45) is 0. The highest BCUT2D eigenvalue weighted by Crippen LogP contribution is 2.40. The molecule has 0 bridgehead atoms. The van der Waals surface area contributed by atoms with Gasteiger partial charge in [0, 0.05) is 16.7 Å². The molecule has 32 heavy (non-hydrogen) atoms. The van der Waals surface area contributed by atoms with E-state index in [-0.39, 0.29) is 0 Å². The molecule has 0 N–H and O–H groups in total. The van der Waals surface area contributed by atoms with Gasteiger partial charge in [-0.3, -0.25) is 0 Å². The van der Waals surface area contributed by atoms with Crippen molar-refractivity contribution in [2.75, 3.05) is 0 Å². The number of azo groups is 1. The third kappa shape index (κ3) is 4.12. The maximum Gasteiger partial charge on any atom is 0.101 e. The molecule has 5 aromatic carbocycles. The highest BCUT2D eigenvalue weighted by Gasteiger charge is 2.12. The molecule has 0 aliphatic rings. The third-order valence-corrected chi connectivity index (χ3v) is 5.45. The van der Waals surface area contributed by atoms with E-state index >= 15 is 0 Å². The Morgan fingerprint density at radius 3 is 1.25 bits per heavy atom. The van der Waals surface area contributed by atoms with E-state index in [9.17, 15) is 0 Å². The van der Waals surface area contributed by atoms with Gasteiger partial charge in [-0.15, -0.1) is 10.2 Å². The molecular formula is C30H22N2. The van der Waals surface area contributed by atoms with Crippen LogP contribution in [0, 0.1) is 0 Å². The van der Waals surface area contributed by atoms with E-state index in [0.717, 1.165) is 44.8 Å². The summed E-state index contributed by atoms with van der Waals surface area (Å²) in [5, 5.41) is 9.59. The lowest BCUT2D eigenvalue weighted by molar-refractivity contribution is 1.23. The van der Waals surface area contributed by atoms with Crippen molar-refractivity contribution >= 4 is 11.4 Å². The first kappa shape index (κ1) is 19.7. The number of benzene rings is 5. The van der Waals surface area contributed by atoms with Crippen molar-refractivity contribution in [1.29, 1.82) is 0 Å². The highest BCUT2D eigenvalue weighted by molar-refractivity contribution is 5.88. The van der Waals surface area contributed by atoms with Crippen LogP contribution in [-0.4, -0.2) is 0 Å². The fourth-order valence-electron chi connectivity index (χ4n) is 3.88. The van der Waals surface area contributed by atoms with Crippen LogP contribution in [-0.2, 0) is 0 Å². The normalized spacial score (nSPS) is 11.0. The van der Waals surface area contributed by atoms with Crippen LogP contribution < -0.4 is 0 Å². The van der Waals surface area contributed by atoms with Crippen molar-refractivity contribution in [2.45, 2.75) is 0 Å². The van der Waals surface area contributed by atoms with Crippen LogP contribution in [0.15, 0.2) is 144 Å². The Morgan fingerprint density at radius 1 is 0.312 bits per heavy atom. The average molecular weight is 411 g/mol. The molecule has 0 amide bonds. The van der Waals surface area contributed by atoms with E-state index < -0.39 is 0 Å². The van der Waals surface area contributed by atoms with E-state index in [4.69, 9.17) is 10.2 Å². The SMILES string of the molecule is c1ccc(-c2ccccc2N=Nc2c(-c3ccccc3)cccc2-c2ccccc2)cc1. The topological polar surface area (TPSA) is 24.7 Å². The number of rotatable bonds is 5. The summed E-state index contributed by atoms with van der Waals surface area (Å²) in [6, 6.07) is 45.5. The van der Waals surface area contributed by atoms with Gasteiger partial charge in [0.25, 0.3) is 0 Å². The van der Waals surface area contributed by atoms with E-state index in [0.29, 0.717) is 0 Å². The van der Waals surface area contributed by atoms with Gasteiger partial charge in [-0.2, -0.15) is 0 Å². The molecule has 0 heterocycles. The van der Waals surface area contributed by atoms with Crippen LogP contribution >= 0.6 is 0 Å². The minimum atomic E-state index is 0.848. The summed E-state index contributed by atoms with van der Waals surface area (Å²) in [6.45, 7) is 0. The van der Waals surface area contributed by atoms with Crippen LogP contribution in [0.3, 0.4) is 0 Å². The standard InChI is InChI=1S/C30H22N2/c1-4-13-23(14-5-1)26-19-10-11-22-29(26)31-32-30-27(24-15-6-2-7-16-24)20-12-21-28(30)25-17-8-3-9-18-25/h1-22H. The lowest BCUT2D eigenvalue weighted by atomic mass is 9.96. The molecule has 0 spiro atoms. The molecule has 0 saturated carbocycles. The second-order valence-corrected chi connectivity index (χ2v) is 7.52. The summed E-state index contributed by atoms with van der Waals surface area (Å²) < 4.78 is 0. The van der Waals surface area contributed by atoms with Gasteiger partial charge in [-0.05, 0) is 22.8 Å². The summed E-state index contributed by atoms with van der Waals surface area (Å²) in [4.78, 5) is 0. The second kappa shape index (κ2) is 9.23. The van der Waals surface area contributed by atoms with Crippen LogP contribution in [0.5, 0.6) is 0 Å². The molecule has 5 rings (SSSR count). The van der Waals surface area contributed by atoms with Crippen molar-refractivity contribution in [3.05, 3.63) is 133 Å². The zero-order valence-corrected chi connectivity index (χ0v) is 17.6. The lowest BCUT2D eigenvalue weighted by Gasteiger charge is -2.12. The Hall–Kier alpha value is -4.30. The van der Waals surface area contributed by atoms with Gasteiger partial charge in [0.1, 0.15) is 5.69 Å². The predicted octanol–water partition coefficient (Wildman–Crippen LogP) is 9.10. The maximum absolute atomic E-state index is 4.84. The minimum Gasteiger partial charge on any atom is -0.150 e. The first-order chi connectivity index (χ1) is 15.9. The number of hydrogen-bond donors (Lipinski definition) is 0. The van der Waals surface area contributed by atoms with Crippen molar-refractivity contribution < 1.29 is 0 Å². The van der Waals surface area contributed by atoms with Crippen LogP contribution in [0.2, 0.25) is 0 Å². The lowest BCUT2D eigenvalue weighted by Crippen LogP contribution is -1.84. The molecular weight excluding hydrogens is 388 g/mol. The number of nitrogens with zero attached hydrogens (tertiary/aromatic N) is 2. The zero-order valence-electron chi connectivity index (χ0n) is 17.6. The highest BCUT2D eigenvalue weighted by atomic mass is 15.1. The Kier molecular flexibility index (Phi) is 5.67. The van der Waals surface area contributed by atoms with E-state index in [2.05, 4.69) is 84.9 Å². The first-order valence-corrected chi connectivity index (χ1v) is 10.7. The fourth-order valence-corrected chi connectivity index (χ4v) is 3.88. The largest absolute Gasteiger partial charge is 0.150 e. The molecule has 0 radical (unpaired) electrons. The zero-order chi connectivity index (χ0) is 21.6. The summed E-state index contributed by atoms with van der Waals surface area (Å²) in [7, 11) is 0. The molecule has 0 saturated heterocycles. The van der Waals surface area contributed by atoms with Gasteiger partial charge >= 0.3 is 0 Å². The van der Waals surface area contributed by atoms with Crippen LogP contribution in [0.25, 0.3) is 33.4 Å². The summed E-state index contributed by atoms with van der Waals surface area (Å²) >= 11 is 0. The molecule has 152 valence electrons. The molecule has 5 aromatic rings. The van der Waals surface area contributed by atoms with Gasteiger partial charge in [0.15, 0.2) is 0 Å². The second-order valence-electron chi connectivity index (χ2n) is 7.52. The summed E-state index contributed by atoms with van der Waals surface area (Å²) in [5.41, 5.74) is 8.28. The summed E-state index contributed by atoms with van der Waals surface area (Å²) in [5.74, 6) is 0. The molecule has 0 atom stereocenters. The Bertz CT molecular complexity index is 1280. The Balaban J connectivity index is 1.66. The van der Waals surface area contributed by atoms with Crippen molar-refractivity contribution in [3.8, 4) is 33.4 Å². The first-order valence-electron chi connectivity index (χ1n) is 10.7.